The maximum absolute atomic E-state index is 6.07. The molecule has 0 fully saturated rings. The molecular formula is C11H16ClNO. The summed E-state index contributed by atoms with van der Waals surface area (Å²) in [6, 6.07) is 7.37. The van der Waals surface area contributed by atoms with Gasteiger partial charge in [-0.2, -0.15) is 0 Å². The Morgan fingerprint density at radius 2 is 2.07 bits per heavy atom. The Labute approximate surface area is 90.0 Å². The van der Waals surface area contributed by atoms with Gasteiger partial charge in [-0.3, -0.25) is 0 Å². The van der Waals surface area contributed by atoms with Crippen molar-refractivity contribution in [2.24, 2.45) is 5.73 Å². The number of hydrogen-bond donors (Lipinski definition) is 1. The molecule has 0 saturated carbocycles. The lowest BCUT2D eigenvalue weighted by molar-refractivity contribution is -0.0000265. The molecule has 0 amide bonds. The lowest BCUT2D eigenvalue weighted by Crippen LogP contribution is -2.37. The van der Waals surface area contributed by atoms with E-state index in [2.05, 4.69) is 0 Å². The van der Waals surface area contributed by atoms with Gasteiger partial charge >= 0.3 is 0 Å². The number of rotatable bonds is 3. The molecule has 0 aliphatic heterocycles. The first-order chi connectivity index (χ1) is 6.47. The van der Waals surface area contributed by atoms with Gasteiger partial charge in [-0.05, 0) is 31.5 Å². The second-order valence-corrected chi connectivity index (χ2v) is 4.28. The van der Waals surface area contributed by atoms with Crippen LogP contribution in [0.25, 0.3) is 0 Å². The highest BCUT2D eigenvalue weighted by Gasteiger charge is 2.27. The largest absolute Gasteiger partial charge is 0.377 e. The molecule has 0 saturated heterocycles. The minimum Gasteiger partial charge on any atom is -0.377 e. The zero-order valence-corrected chi connectivity index (χ0v) is 9.51. The molecule has 1 unspecified atom stereocenters. The molecule has 0 aliphatic carbocycles. The van der Waals surface area contributed by atoms with Crippen LogP contribution in [0.1, 0.15) is 25.5 Å². The molecule has 78 valence electrons. The van der Waals surface area contributed by atoms with Crippen molar-refractivity contribution in [1.82, 2.24) is 0 Å². The third-order valence-corrected chi connectivity index (χ3v) is 2.72. The summed E-state index contributed by atoms with van der Waals surface area (Å²) in [5, 5.41) is 0.699. The molecule has 2 N–H and O–H groups in total. The molecule has 0 aliphatic rings. The van der Waals surface area contributed by atoms with E-state index in [1.54, 1.807) is 7.11 Å². The standard InChI is InChI=1S/C11H16ClNO/c1-11(2,14-3)10(13)8-5-4-6-9(12)7-8/h4-7,10H,13H2,1-3H3. The topological polar surface area (TPSA) is 35.2 Å². The van der Waals surface area contributed by atoms with Crippen LogP contribution in [0.3, 0.4) is 0 Å². The molecule has 1 aromatic carbocycles. The van der Waals surface area contributed by atoms with Gasteiger partial charge in [-0.15, -0.1) is 0 Å². The van der Waals surface area contributed by atoms with Gasteiger partial charge in [-0.25, -0.2) is 0 Å². The SMILES string of the molecule is COC(C)(C)C(N)c1cccc(Cl)c1. The van der Waals surface area contributed by atoms with Crippen molar-refractivity contribution >= 4 is 11.6 Å². The summed E-state index contributed by atoms with van der Waals surface area (Å²) in [5.74, 6) is 0. The van der Waals surface area contributed by atoms with Crippen LogP contribution in [0.15, 0.2) is 24.3 Å². The molecule has 0 spiro atoms. The number of halogens is 1. The van der Waals surface area contributed by atoms with Crippen LogP contribution in [0.2, 0.25) is 5.02 Å². The van der Waals surface area contributed by atoms with Crippen molar-refractivity contribution in [2.45, 2.75) is 25.5 Å². The first kappa shape index (κ1) is 11.5. The molecule has 1 aromatic rings. The molecule has 3 heteroatoms. The molecule has 0 radical (unpaired) electrons. The number of benzene rings is 1. The zero-order chi connectivity index (χ0) is 10.8. The highest BCUT2D eigenvalue weighted by Crippen LogP contribution is 2.27. The quantitative estimate of drug-likeness (QED) is 0.838. The van der Waals surface area contributed by atoms with E-state index in [0.717, 1.165) is 5.56 Å². The smallest absolute Gasteiger partial charge is 0.0814 e. The summed E-state index contributed by atoms with van der Waals surface area (Å²) in [6.07, 6.45) is 0. The van der Waals surface area contributed by atoms with Crippen molar-refractivity contribution < 1.29 is 4.74 Å². The molecule has 0 heterocycles. The normalized spacial score (nSPS) is 14.1. The number of methoxy groups -OCH3 is 1. The van der Waals surface area contributed by atoms with Gasteiger partial charge in [0, 0.05) is 12.1 Å². The molecule has 14 heavy (non-hydrogen) atoms. The summed E-state index contributed by atoms with van der Waals surface area (Å²) in [4.78, 5) is 0. The highest BCUT2D eigenvalue weighted by molar-refractivity contribution is 6.30. The van der Waals surface area contributed by atoms with Crippen LogP contribution in [0.4, 0.5) is 0 Å². The number of ether oxygens (including phenoxy) is 1. The van der Waals surface area contributed by atoms with Gasteiger partial charge in [0.2, 0.25) is 0 Å². The van der Waals surface area contributed by atoms with Crippen LogP contribution in [0, 0.1) is 0 Å². The predicted molar refractivity (Wildman–Crippen MR) is 59.5 cm³/mol. The Bertz CT molecular complexity index is 312. The van der Waals surface area contributed by atoms with E-state index < -0.39 is 0 Å². The summed E-state index contributed by atoms with van der Waals surface area (Å²) in [5.41, 5.74) is 6.67. The van der Waals surface area contributed by atoms with Crippen molar-refractivity contribution in [3.8, 4) is 0 Å². The Hall–Kier alpha value is -0.570. The Kier molecular flexibility index (Phi) is 3.53. The van der Waals surface area contributed by atoms with Crippen molar-refractivity contribution in [3.05, 3.63) is 34.9 Å². The van der Waals surface area contributed by atoms with Crippen LogP contribution >= 0.6 is 11.6 Å². The summed E-state index contributed by atoms with van der Waals surface area (Å²) in [6.45, 7) is 3.91. The van der Waals surface area contributed by atoms with Crippen LogP contribution in [0.5, 0.6) is 0 Å². The van der Waals surface area contributed by atoms with Gasteiger partial charge in [-0.1, -0.05) is 23.7 Å². The van der Waals surface area contributed by atoms with Crippen LogP contribution in [-0.4, -0.2) is 12.7 Å². The molecule has 1 rings (SSSR count). The van der Waals surface area contributed by atoms with Crippen LogP contribution < -0.4 is 5.73 Å². The molecule has 2 nitrogen and oxygen atoms in total. The molecule has 0 aromatic heterocycles. The van der Waals surface area contributed by atoms with Gasteiger partial charge in [0.1, 0.15) is 0 Å². The van der Waals surface area contributed by atoms with E-state index in [0.29, 0.717) is 5.02 Å². The lowest BCUT2D eigenvalue weighted by Gasteiger charge is -2.30. The Morgan fingerprint density at radius 3 is 2.57 bits per heavy atom. The molecule has 1 atom stereocenters. The van der Waals surface area contributed by atoms with Gasteiger partial charge in [0.05, 0.1) is 11.6 Å². The summed E-state index contributed by atoms with van der Waals surface area (Å²) >= 11 is 5.89. The monoisotopic (exact) mass is 213 g/mol. The first-order valence-electron chi connectivity index (χ1n) is 4.53. The zero-order valence-electron chi connectivity index (χ0n) is 8.75. The van der Waals surface area contributed by atoms with Gasteiger partial charge < -0.3 is 10.5 Å². The van der Waals surface area contributed by atoms with Gasteiger partial charge in [0.25, 0.3) is 0 Å². The third-order valence-electron chi connectivity index (χ3n) is 2.48. The lowest BCUT2D eigenvalue weighted by atomic mass is 9.92. The second kappa shape index (κ2) is 4.30. The third kappa shape index (κ3) is 2.47. The minimum atomic E-state index is -0.384. The van der Waals surface area contributed by atoms with Crippen molar-refractivity contribution in [2.75, 3.05) is 7.11 Å². The fourth-order valence-corrected chi connectivity index (χ4v) is 1.43. The second-order valence-electron chi connectivity index (χ2n) is 3.84. The van der Waals surface area contributed by atoms with Gasteiger partial charge in [0.15, 0.2) is 0 Å². The fraction of sp³-hybridized carbons (Fsp3) is 0.455. The maximum Gasteiger partial charge on any atom is 0.0814 e. The van der Waals surface area contributed by atoms with Crippen LogP contribution in [-0.2, 0) is 4.74 Å². The molecular weight excluding hydrogens is 198 g/mol. The molecule has 0 bridgehead atoms. The minimum absolute atomic E-state index is 0.175. The first-order valence-corrected chi connectivity index (χ1v) is 4.91. The highest BCUT2D eigenvalue weighted by atomic mass is 35.5. The fourth-order valence-electron chi connectivity index (χ4n) is 1.23. The van der Waals surface area contributed by atoms with E-state index in [9.17, 15) is 0 Å². The van der Waals surface area contributed by atoms with Crippen molar-refractivity contribution in [3.63, 3.8) is 0 Å². The van der Waals surface area contributed by atoms with Crippen molar-refractivity contribution in [1.29, 1.82) is 0 Å². The number of hydrogen-bond acceptors (Lipinski definition) is 2. The van der Waals surface area contributed by atoms with E-state index >= 15 is 0 Å². The van der Waals surface area contributed by atoms with E-state index in [1.165, 1.54) is 0 Å². The summed E-state index contributed by atoms with van der Waals surface area (Å²) < 4.78 is 5.33. The Morgan fingerprint density at radius 1 is 1.43 bits per heavy atom. The van der Waals surface area contributed by atoms with E-state index in [4.69, 9.17) is 22.1 Å². The summed E-state index contributed by atoms with van der Waals surface area (Å²) in [7, 11) is 1.66. The average Bonchev–Trinajstić information content (AvgIpc) is 2.16. The average molecular weight is 214 g/mol. The van der Waals surface area contributed by atoms with E-state index in [-0.39, 0.29) is 11.6 Å². The Balaban J connectivity index is 2.94. The maximum atomic E-state index is 6.07. The van der Waals surface area contributed by atoms with E-state index in [1.807, 2.05) is 38.1 Å². The number of nitrogens with two attached hydrogens (primary N) is 1. The predicted octanol–water partition coefficient (Wildman–Crippen LogP) is 2.76.